The topological polar surface area (TPSA) is 94.8 Å². The number of rotatable bonds is 3. The highest BCUT2D eigenvalue weighted by Crippen LogP contribution is 2.66. The van der Waals surface area contributed by atoms with Crippen LogP contribution in [0.15, 0.2) is 23.8 Å². The zero-order valence-electron chi connectivity index (χ0n) is 16.1. The van der Waals surface area contributed by atoms with Crippen molar-refractivity contribution in [2.45, 2.75) is 64.8 Å². The molecule has 4 aliphatic rings. The normalized spacial score (nSPS) is 43.6. The molecule has 0 aromatic rings. The van der Waals surface area contributed by atoms with Crippen molar-refractivity contribution in [1.29, 1.82) is 0 Å². The van der Waals surface area contributed by atoms with Crippen LogP contribution in [0.5, 0.6) is 0 Å². The Morgan fingerprint density at radius 3 is 2.59 bits per heavy atom. The molecule has 5 heteroatoms. The molecule has 27 heavy (non-hydrogen) atoms. The van der Waals surface area contributed by atoms with Crippen molar-refractivity contribution in [2.75, 3.05) is 0 Å². The molecule has 3 fully saturated rings. The standard InChI is InChI=1S/C22H30O5/c1-20-9-7-14(23)11-13(20)3-4-15-16-5-6-18(19(24)12-22(25,26)27)21(16,2)10-8-17(15)20/h7,9,11,15-18,25-27H,3-6,8,10,12H2,1-2H3/t15-,16-,17-,18-,20-,21-/m0/s1. The highest BCUT2D eigenvalue weighted by Gasteiger charge is 2.59. The van der Waals surface area contributed by atoms with Gasteiger partial charge in [0.2, 0.25) is 0 Å². The lowest BCUT2D eigenvalue weighted by molar-refractivity contribution is -0.310. The highest BCUT2D eigenvalue weighted by molar-refractivity contribution is 6.01. The third-order valence-electron chi connectivity index (χ3n) is 8.36. The quantitative estimate of drug-likeness (QED) is 0.660. The van der Waals surface area contributed by atoms with Gasteiger partial charge in [-0.25, -0.2) is 0 Å². The van der Waals surface area contributed by atoms with E-state index in [-0.39, 0.29) is 28.3 Å². The fourth-order valence-corrected chi connectivity index (χ4v) is 7.08. The monoisotopic (exact) mass is 374 g/mol. The second-order valence-electron chi connectivity index (χ2n) is 9.70. The van der Waals surface area contributed by atoms with E-state index < -0.39 is 12.4 Å². The molecule has 4 rings (SSSR count). The largest absolute Gasteiger partial charge is 0.343 e. The van der Waals surface area contributed by atoms with Crippen LogP contribution < -0.4 is 0 Å². The SMILES string of the molecule is C[C@]12CC[C@H]3[C@@H](CCC4=CC(=O)C=C[C@@]43C)[C@@H]1CC[C@H]2C(=O)CC(O)(O)O. The third kappa shape index (κ3) is 2.95. The van der Waals surface area contributed by atoms with Crippen LogP contribution in [0.1, 0.15) is 58.8 Å². The maximum Gasteiger partial charge on any atom is 0.282 e. The summed E-state index contributed by atoms with van der Waals surface area (Å²) >= 11 is 0. The van der Waals surface area contributed by atoms with Crippen molar-refractivity contribution < 1.29 is 24.9 Å². The maximum atomic E-state index is 12.7. The molecular formula is C22H30O5. The van der Waals surface area contributed by atoms with E-state index in [1.165, 1.54) is 5.57 Å². The smallest absolute Gasteiger partial charge is 0.282 e. The molecule has 0 saturated heterocycles. The van der Waals surface area contributed by atoms with Crippen molar-refractivity contribution in [1.82, 2.24) is 0 Å². The van der Waals surface area contributed by atoms with Gasteiger partial charge in [-0.1, -0.05) is 25.5 Å². The Morgan fingerprint density at radius 2 is 1.89 bits per heavy atom. The van der Waals surface area contributed by atoms with Gasteiger partial charge < -0.3 is 15.3 Å². The summed E-state index contributed by atoms with van der Waals surface area (Å²) < 4.78 is 0. The predicted molar refractivity (Wildman–Crippen MR) is 99.1 cm³/mol. The van der Waals surface area contributed by atoms with Gasteiger partial charge in [0.15, 0.2) is 5.78 Å². The Morgan fingerprint density at radius 1 is 1.15 bits per heavy atom. The molecule has 0 unspecified atom stereocenters. The van der Waals surface area contributed by atoms with Crippen molar-refractivity contribution in [2.24, 2.45) is 34.5 Å². The number of carbonyl (C=O) groups excluding carboxylic acids is 2. The molecule has 0 aliphatic heterocycles. The molecule has 4 aliphatic carbocycles. The Hall–Kier alpha value is -1.30. The van der Waals surface area contributed by atoms with E-state index in [1.54, 1.807) is 6.08 Å². The average molecular weight is 374 g/mol. The minimum Gasteiger partial charge on any atom is -0.343 e. The van der Waals surface area contributed by atoms with Gasteiger partial charge in [0.1, 0.15) is 5.78 Å². The minimum atomic E-state index is -2.92. The van der Waals surface area contributed by atoms with Crippen molar-refractivity contribution in [3.63, 3.8) is 0 Å². The van der Waals surface area contributed by atoms with Crippen molar-refractivity contribution in [3.8, 4) is 0 Å². The fourth-order valence-electron chi connectivity index (χ4n) is 7.08. The number of fused-ring (bicyclic) bond motifs is 5. The molecule has 0 aromatic heterocycles. The summed E-state index contributed by atoms with van der Waals surface area (Å²) in [6.45, 7) is 4.45. The number of carbonyl (C=O) groups is 2. The molecule has 148 valence electrons. The van der Waals surface area contributed by atoms with Gasteiger partial charge in [-0.2, -0.15) is 0 Å². The molecule has 0 amide bonds. The van der Waals surface area contributed by atoms with Gasteiger partial charge in [0.25, 0.3) is 5.97 Å². The number of ketones is 2. The lowest BCUT2D eigenvalue weighted by Crippen LogP contribution is -2.50. The summed E-state index contributed by atoms with van der Waals surface area (Å²) in [5.41, 5.74) is 1.06. The fraction of sp³-hybridized carbons (Fsp3) is 0.727. The van der Waals surface area contributed by atoms with Crippen LogP contribution >= 0.6 is 0 Å². The second kappa shape index (κ2) is 6.10. The molecule has 3 saturated carbocycles. The first-order valence-corrected chi connectivity index (χ1v) is 10.2. The zero-order chi connectivity index (χ0) is 19.6. The first-order valence-electron chi connectivity index (χ1n) is 10.2. The van der Waals surface area contributed by atoms with Gasteiger partial charge in [-0.15, -0.1) is 0 Å². The number of hydrogen-bond acceptors (Lipinski definition) is 5. The van der Waals surface area contributed by atoms with Gasteiger partial charge >= 0.3 is 0 Å². The van der Waals surface area contributed by atoms with E-state index in [1.807, 2.05) is 6.08 Å². The van der Waals surface area contributed by atoms with Gasteiger partial charge in [-0.3, -0.25) is 9.59 Å². The predicted octanol–water partition coefficient (Wildman–Crippen LogP) is 2.50. The molecule has 0 bridgehead atoms. The zero-order valence-corrected chi connectivity index (χ0v) is 16.1. The first kappa shape index (κ1) is 19.0. The van der Waals surface area contributed by atoms with E-state index >= 15 is 0 Å². The van der Waals surface area contributed by atoms with Gasteiger partial charge in [0, 0.05) is 11.3 Å². The van der Waals surface area contributed by atoms with Gasteiger partial charge in [-0.05, 0) is 73.8 Å². The Bertz CT molecular complexity index is 729. The average Bonchev–Trinajstić information content (AvgIpc) is 2.91. The summed E-state index contributed by atoms with van der Waals surface area (Å²) in [5, 5.41) is 27.7. The number of Topliss-reactive ketones (excluding diaryl/α,β-unsaturated/α-hetero) is 1. The van der Waals surface area contributed by atoms with Crippen LogP contribution in [0.4, 0.5) is 0 Å². The van der Waals surface area contributed by atoms with Crippen LogP contribution in [0, 0.1) is 34.5 Å². The Balaban J connectivity index is 1.59. The molecule has 5 nitrogen and oxygen atoms in total. The van der Waals surface area contributed by atoms with Crippen LogP contribution in [0.3, 0.4) is 0 Å². The van der Waals surface area contributed by atoms with Crippen molar-refractivity contribution in [3.05, 3.63) is 23.8 Å². The first-order chi connectivity index (χ1) is 12.5. The van der Waals surface area contributed by atoms with Crippen LogP contribution in [0.25, 0.3) is 0 Å². The molecule has 0 aromatic carbocycles. The molecule has 6 atom stereocenters. The van der Waals surface area contributed by atoms with E-state index in [0.717, 1.165) is 38.5 Å². The van der Waals surface area contributed by atoms with E-state index in [2.05, 4.69) is 19.9 Å². The molecular weight excluding hydrogens is 344 g/mol. The lowest BCUT2D eigenvalue weighted by Gasteiger charge is -2.57. The summed E-state index contributed by atoms with van der Waals surface area (Å²) in [4.78, 5) is 24.5. The summed E-state index contributed by atoms with van der Waals surface area (Å²) in [6.07, 6.45) is 10.7. The van der Waals surface area contributed by atoms with E-state index in [9.17, 15) is 24.9 Å². The summed E-state index contributed by atoms with van der Waals surface area (Å²) in [5.74, 6) is -1.85. The van der Waals surface area contributed by atoms with Crippen LogP contribution in [0.2, 0.25) is 0 Å². The summed E-state index contributed by atoms with van der Waals surface area (Å²) in [7, 11) is 0. The van der Waals surface area contributed by atoms with Crippen LogP contribution in [-0.2, 0) is 9.59 Å². The van der Waals surface area contributed by atoms with E-state index in [0.29, 0.717) is 17.8 Å². The highest BCUT2D eigenvalue weighted by atomic mass is 16.7. The molecule has 0 heterocycles. The minimum absolute atomic E-state index is 0.0588. The second-order valence-corrected chi connectivity index (χ2v) is 9.70. The number of hydrogen-bond donors (Lipinski definition) is 3. The summed E-state index contributed by atoms with van der Waals surface area (Å²) in [6, 6.07) is 0. The molecule has 0 radical (unpaired) electrons. The molecule has 0 spiro atoms. The number of allylic oxidation sites excluding steroid dienone is 4. The maximum absolute atomic E-state index is 12.7. The third-order valence-corrected chi connectivity index (χ3v) is 8.36. The van der Waals surface area contributed by atoms with Crippen LogP contribution in [-0.4, -0.2) is 32.9 Å². The van der Waals surface area contributed by atoms with Gasteiger partial charge in [0.05, 0.1) is 6.42 Å². The molecule has 3 N–H and O–H groups in total. The Kier molecular flexibility index (Phi) is 4.30. The van der Waals surface area contributed by atoms with Crippen molar-refractivity contribution >= 4 is 11.6 Å². The van der Waals surface area contributed by atoms with E-state index in [4.69, 9.17) is 0 Å². The lowest BCUT2D eigenvalue weighted by atomic mass is 9.47. The number of aliphatic hydroxyl groups is 3. The Labute approximate surface area is 160 Å².